The van der Waals surface area contributed by atoms with Crippen molar-refractivity contribution in [2.45, 2.75) is 6.42 Å². The molecule has 54 valence electrons. The molecule has 0 bridgehead atoms. The average Bonchev–Trinajstić information content (AvgIpc) is 1.59. The van der Waals surface area contributed by atoms with Crippen LogP contribution in [-0.2, 0) is 14.9 Å². The molecule has 0 saturated carbocycles. The minimum absolute atomic E-state index is 0. The molecule has 10 heavy (non-hydrogen) atoms. The van der Waals surface area contributed by atoms with Crippen molar-refractivity contribution in [2.75, 3.05) is 5.75 Å². The van der Waals surface area contributed by atoms with Gasteiger partial charge in [0.05, 0.1) is 10.1 Å². The number of carbonyl (C=O) groups is 1. The van der Waals surface area contributed by atoms with E-state index in [1.807, 2.05) is 0 Å². The van der Waals surface area contributed by atoms with E-state index in [1.165, 1.54) is 0 Å². The summed E-state index contributed by atoms with van der Waals surface area (Å²) in [5, 5.41) is 0. The van der Waals surface area contributed by atoms with Gasteiger partial charge < -0.3 is 10.3 Å². The largest absolute Gasteiger partial charge is 1.00 e. The Morgan fingerprint density at radius 3 is 2.00 bits per heavy atom. The summed E-state index contributed by atoms with van der Waals surface area (Å²) in [7, 11) is -4.27. The fourth-order valence-electron chi connectivity index (χ4n) is 0.226. The van der Waals surface area contributed by atoms with Gasteiger partial charge in [-0.3, -0.25) is 4.79 Å². The van der Waals surface area contributed by atoms with Gasteiger partial charge in [-0.2, -0.15) is 0 Å². The average molecular weight is 191 g/mol. The molecule has 0 fully saturated rings. The standard InChI is InChI=1S/C3H7NO4S.K/c4-3(5)1-2-9(6,7)8;/h1-2H2,(H2,4,5)(H,6,7,8);/q;+1/p-1. The smallest absolute Gasteiger partial charge is 0.748 e. The van der Waals surface area contributed by atoms with Crippen molar-refractivity contribution in [3.05, 3.63) is 0 Å². The van der Waals surface area contributed by atoms with E-state index >= 15 is 0 Å². The molecule has 1 amide bonds. The SMILES string of the molecule is NC(=O)CCS(=O)(=O)[O-].[K+]. The van der Waals surface area contributed by atoms with E-state index in [-0.39, 0.29) is 51.4 Å². The maximum absolute atomic E-state index is 9.86. The van der Waals surface area contributed by atoms with E-state index in [9.17, 15) is 17.8 Å². The minimum atomic E-state index is -4.27. The molecular weight excluding hydrogens is 185 g/mol. The monoisotopic (exact) mass is 191 g/mol. The molecule has 2 N–H and O–H groups in total. The molecule has 0 radical (unpaired) electrons. The van der Waals surface area contributed by atoms with Crippen LogP contribution in [0.1, 0.15) is 6.42 Å². The van der Waals surface area contributed by atoms with E-state index in [4.69, 9.17) is 0 Å². The molecule has 0 aromatic carbocycles. The predicted molar refractivity (Wildman–Crippen MR) is 28.4 cm³/mol. The molecule has 0 aliphatic carbocycles. The molecule has 0 aromatic heterocycles. The molecule has 0 saturated heterocycles. The second kappa shape index (κ2) is 5.64. The Hall–Kier alpha value is 1.02. The zero-order valence-electron chi connectivity index (χ0n) is 5.53. The maximum atomic E-state index is 9.86. The van der Waals surface area contributed by atoms with Gasteiger partial charge >= 0.3 is 51.4 Å². The van der Waals surface area contributed by atoms with Gasteiger partial charge in [-0.1, -0.05) is 0 Å². The second-order valence-electron chi connectivity index (χ2n) is 1.48. The topological polar surface area (TPSA) is 100 Å². The van der Waals surface area contributed by atoms with Crippen LogP contribution in [0.2, 0.25) is 0 Å². The van der Waals surface area contributed by atoms with Crippen LogP contribution in [0.25, 0.3) is 0 Å². The summed E-state index contributed by atoms with van der Waals surface area (Å²) in [6.07, 6.45) is -0.397. The van der Waals surface area contributed by atoms with Crippen molar-refractivity contribution in [1.29, 1.82) is 0 Å². The summed E-state index contributed by atoms with van der Waals surface area (Å²) in [5.74, 6) is -1.49. The second-order valence-corrected chi connectivity index (χ2v) is 3.00. The molecule has 5 nitrogen and oxygen atoms in total. The molecule has 0 aliphatic heterocycles. The van der Waals surface area contributed by atoms with Crippen molar-refractivity contribution in [3.63, 3.8) is 0 Å². The molecular formula is C3H6KNO4S. The summed E-state index contributed by atoms with van der Waals surface area (Å²) >= 11 is 0. The van der Waals surface area contributed by atoms with E-state index in [1.54, 1.807) is 0 Å². The first-order chi connectivity index (χ1) is 3.92. The maximum Gasteiger partial charge on any atom is 1.00 e. The van der Waals surface area contributed by atoms with E-state index in [2.05, 4.69) is 5.73 Å². The Labute approximate surface area is 102 Å². The summed E-state index contributed by atoms with van der Waals surface area (Å²) in [4.78, 5) is 9.86. The van der Waals surface area contributed by atoms with Gasteiger partial charge in [0.1, 0.15) is 0 Å². The summed E-state index contributed by atoms with van der Waals surface area (Å²) in [5.41, 5.74) is 4.56. The van der Waals surface area contributed by atoms with Crippen molar-refractivity contribution >= 4 is 16.0 Å². The van der Waals surface area contributed by atoms with Crippen LogP contribution in [-0.4, -0.2) is 24.6 Å². The fraction of sp³-hybridized carbons (Fsp3) is 0.667. The van der Waals surface area contributed by atoms with Crippen LogP contribution in [0.5, 0.6) is 0 Å². The van der Waals surface area contributed by atoms with Gasteiger partial charge in [0, 0.05) is 12.2 Å². The summed E-state index contributed by atoms with van der Waals surface area (Å²) < 4.78 is 29.3. The number of hydrogen-bond acceptors (Lipinski definition) is 4. The van der Waals surface area contributed by atoms with Crippen LogP contribution >= 0.6 is 0 Å². The number of nitrogens with two attached hydrogens (primary N) is 1. The third-order valence-corrected chi connectivity index (χ3v) is 1.30. The Kier molecular flexibility index (Phi) is 7.67. The molecule has 0 unspecified atom stereocenters. The number of amides is 1. The molecule has 0 aromatic rings. The zero-order chi connectivity index (χ0) is 7.49. The van der Waals surface area contributed by atoms with Gasteiger partial charge in [0.15, 0.2) is 0 Å². The summed E-state index contributed by atoms with van der Waals surface area (Å²) in [6, 6.07) is 0. The molecule has 7 heteroatoms. The fourth-order valence-corrected chi connectivity index (χ4v) is 0.677. The third kappa shape index (κ3) is 11.8. The molecule has 0 rings (SSSR count). The number of rotatable bonds is 3. The van der Waals surface area contributed by atoms with Gasteiger partial charge in [0.25, 0.3) is 0 Å². The van der Waals surface area contributed by atoms with E-state index in [0.717, 1.165) is 0 Å². The first kappa shape index (κ1) is 13.6. The van der Waals surface area contributed by atoms with Crippen LogP contribution in [0.3, 0.4) is 0 Å². The van der Waals surface area contributed by atoms with E-state index in [0.29, 0.717) is 0 Å². The quantitative estimate of drug-likeness (QED) is 0.358. The van der Waals surface area contributed by atoms with Gasteiger partial charge in [-0.25, -0.2) is 8.42 Å². The number of primary amides is 1. The van der Waals surface area contributed by atoms with Gasteiger partial charge in [-0.15, -0.1) is 0 Å². The van der Waals surface area contributed by atoms with Crippen LogP contribution in [0.4, 0.5) is 0 Å². The first-order valence-corrected chi connectivity index (χ1v) is 3.71. The van der Waals surface area contributed by atoms with Crippen molar-refractivity contribution in [1.82, 2.24) is 0 Å². The number of hydrogen-bond donors (Lipinski definition) is 1. The Morgan fingerprint density at radius 1 is 1.50 bits per heavy atom. The van der Waals surface area contributed by atoms with Crippen molar-refractivity contribution in [2.24, 2.45) is 5.73 Å². The summed E-state index contributed by atoms with van der Waals surface area (Å²) in [6.45, 7) is 0. The van der Waals surface area contributed by atoms with E-state index < -0.39 is 28.2 Å². The van der Waals surface area contributed by atoms with Gasteiger partial charge in [-0.05, 0) is 0 Å². The Bertz CT molecular complexity index is 199. The zero-order valence-corrected chi connectivity index (χ0v) is 9.47. The Balaban J connectivity index is 0. The van der Waals surface area contributed by atoms with Crippen LogP contribution in [0.15, 0.2) is 0 Å². The van der Waals surface area contributed by atoms with Crippen LogP contribution < -0.4 is 57.1 Å². The normalized spacial score (nSPS) is 10.1. The molecule has 0 spiro atoms. The minimum Gasteiger partial charge on any atom is -0.748 e. The predicted octanol–water partition coefficient (Wildman–Crippen LogP) is -4.59. The molecule has 0 heterocycles. The van der Waals surface area contributed by atoms with Crippen LogP contribution in [0, 0.1) is 0 Å². The molecule has 0 atom stereocenters. The Morgan fingerprint density at radius 2 is 1.90 bits per heavy atom. The molecule has 0 aliphatic rings. The first-order valence-electron chi connectivity index (χ1n) is 2.14. The van der Waals surface area contributed by atoms with Crippen molar-refractivity contribution in [3.8, 4) is 0 Å². The van der Waals surface area contributed by atoms with Crippen molar-refractivity contribution < 1.29 is 69.1 Å². The third-order valence-electron chi connectivity index (χ3n) is 0.598. The number of carbonyl (C=O) groups excluding carboxylic acids is 1. The van der Waals surface area contributed by atoms with Gasteiger partial charge in [0.2, 0.25) is 5.91 Å².